The van der Waals surface area contributed by atoms with Crippen LogP contribution in [0.4, 0.5) is 0 Å². The molecule has 2 aromatic heterocycles. The predicted molar refractivity (Wildman–Crippen MR) is 69.5 cm³/mol. The Morgan fingerprint density at radius 1 is 1.50 bits per heavy atom. The van der Waals surface area contributed by atoms with Crippen LogP contribution in [0.3, 0.4) is 0 Å². The molecule has 0 radical (unpaired) electrons. The van der Waals surface area contributed by atoms with Gasteiger partial charge in [0.15, 0.2) is 0 Å². The first-order valence-corrected chi connectivity index (χ1v) is 6.02. The van der Waals surface area contributed by atoms with Crippen LogP contribution >= 0.6 is 0 Å². The molecule has 0 aliphatic carbocycles. The summed E-state index contributed by atoms with van der Waals surface area (Å²) in [4.78, 5) is 4.49. The lowest BCUT2D eigenvalue weighted by Gasteiger charge is -2.15. The topological polar surface area (TPSA) is 58.8 Å². The van der Waals surface area contributed by atoms with Gasteiger partial charge < -0.3 is 19.6 Å². The molecule has 5 nitrogen and oxygen atoms in total. The summed E-state index contributed by atoms with van der Waals surface area (Å²) in [6, 6.07) is 5.88. The van der Waals surface area contributed by atoms with Crippen molar-refractivity contribution in [3.05, 3.63) is 35.8 Å². The number of hydrogen-bond acceptors (Lipinski definition) is 4. The molecule has 0 saturated heterocycles. The highest BCUT2D eigenvalue weighted by molar-refractivity contribution is 5.42. The molecule has 0 saturated carbocycles. The molecule has 0 bridgehead atoms. The second-order valence-corrected chi connectivity index (χ2v) is 4.29. The van der Waals surface area contributed by atoms with E-state index < -0.39 is 0 Å². The lowest BCUT2D eigenvalue weighted by atomic mass is 10.3. The van der Waals surface area contributed by atoms with Gasteiger partial charge in [-0.15, -0.1) is 0 Å². The third kappa shape index (κ3) is 2.69. The number of pyridine rings is 1. The summed E-state index contributed by atoms with van der Waals surface area (Å²) in [5, 5.41) is 12.5. The van der Waals surface area contributed by atoms with Crippen LogP contribution in [0.15, 0.2) is 24.4 Å². The van der Waals surface area contributed by atoms with Crippen LogP contribution < -0.4 is 5.32 Å². The number of hydrogen-bond donors (Lipinski definition) is 2. The lowest BCUT2D eigenvalue weighted by Crippen LogP contribution is -2.36. The third-order valence-corrected chi connectivity index (χ3v) is 2.98. The summed E-state index contributed by atoms with van der Waals surface area (Å²) in [6.45, 7) is 3.20. The molecule has 0 amide bonds. The van der Waals surface area contributed by atoms with Gasteiger partial charge in [0.25, 0.3) is 0 Å². The minimum atomic E-state index is -0.0522. The number of aliphatic hydroxyl groups is 1. The van der Waals surface area contributed by atoms with Crippen molar-refractivity contribution in [2.24, 2.45) is 0 Å². The minimum absolute atomic E-state index is 0.0522. The van der Waals surface area contributed by atoms with Crippen molar-refractivity contribution in [2.75, 3.05) is 20.3 Å². The zero-order valence-electron chi connectivity index (χ0n) is 10.8. The van der Waals surface area contributed by atoms with E-state index in [-0.39, 0.29) is 12.6 Å². The second kappa shape index (κ2) is 5.95. The lowest BCUT2D eigenvalue weighted by molar-refractivity contribution is 0.128. The van der Waals surface area contributed by atoms with Crippen LogP contribution in [-0.2, 0) is 11.3 Å². The average molecular weight is 249 g/mol. The molecule has 0 aliphatic rings. The zero-order valence-corrected chi connectivity index (χ0v) is 10.8. The number of ether oxygens (including phenoxy) is 1. The van der Waals surface area contributed by atoms with Crippen LogP contribution in [-0.4, -0.2) is 40.9 Å². The van der Waals surface area contributed by atoms with E-state index in [9.17, 15) is 5.11 Å². The monoisotopic (exact) mass is 249 g/mol. The van der Waals surface area contributed by atoms with E-state index in [4.69, 9.17) is 4.74 Å². The van der Waals surface area contributed by atoms with Crippen molar-refractivity contribution in [3.8, 4) is 0 Å². The molecule has 1 unspecified atom stereocenters. The first kappa shape index (κ1) is 13.0. The maximum atomic E-state index is 9.20. The highest BCUT2D eigenvalue weighted by atomic mass is 16.5. The van der Waals surface area contributed by atoms with E-state index in [0.717, 1.165) is 17.0 Å². The van der Waals surface area contributed by atoms with Crippen LogP contribution in [0.5, 0.6) is 0 Å². The van der Waals surface area contributed by atoms with Gasteiger partial charge in [0.1, 0.15) is 5.65 Å². The fourth-order valence-electron chi connectivity index (χ4n) is 2.00. The third-order valence-electron chi connectivity index (χ3n) is 2.98. The van der Waals surface area contributed by atoms with Gasteiger partial charge in [-0.1, -0.05) is 6.07 Å². The molecular weight excluding hydrogens is 230 g/mol. The van der Waals surface area contributed by atoms with Gasteiger partial charge in [-0.05, 0) is 19.1 Å². The van der Waals surface area contributed by atoms with Gasteiger partial charge in [0, 0.05) is 19.9 Å². The number of nitrogens with zero attached hydrogens (tertiary/aromatic N) is 2. The number of aromatic nitrogens is 2. The zero-order chi connectivity index (χ0) is 13.0. The summed E-state index contributed by atoms with van der Waals surface area (Å²) in [5.41, 5.74) is 3.06. The molecule has 2 rings (SSSR count). The van der Waals surface area contributed by atoms with Crippen molar-refractivity contribution in [1.82, 2.24) is 14.7 Å². The van der Waals surface area contributed by atoms with E-state index >= 15 is 0 Å². The normalized spacial score (nSPS) is 13.1. The standard InChI is InChI=1S/C13H19N3O2/c1-10-12(7-14-11(8-17)9-18-2)16-6-4-3-5-13(16)15-10/h3-6,11,14,17H,7-9H2,1-2H3. The molecule has 0 fully saturated rings. The Hall–Kier alpha value is -1.43. The first-order chi connectivity index (χ1) is 8.76. The summed E-state index contributed by atoms with van der Waals surface area (Å²) in [7, 11) is 1.63. The quantitative estimate of drug-likeness (QED) is 0.793. The van der Waals surface area contributed by atoms with Crippen LogP contribution in [0.1, 0.15) is 11.4 Å². The number of methoxy groups -OCH3 is 1. The minimum Gasteiger partial charge on any atom is -0.395 e. The molecule has 0 spiro atoms. The highest BCUT2D eigenvalue weighted by Crippen LogP contribution is 2.11. The molecule has 1 atom stereocenters. The van der Waals surface area contributed by atoms with E-state index in [2.05, 4.69) is 14.7 Å². The van der Waals surface area contributed by atoms with E-state index in [1.807, 2.05) is 31.3 Å². The Bertz CT molecular complexity index is 510. The van der Waals surface area contributed by atoms with E-state index in [1.165, 1.54) is 0 Å². The fraction of sp³-hybridized carbons (Fsp3) is 0.462. The Kier molecular flexibility index (Phi) is 4.30. The van der Waals surface area contributed by atoms with Crippen molar-refractivity contribution in [2.45, 2.75) is 19.5 Å². The van der Waals surface area contributed by atoms with Gasteiger partial charge in [0.05, 0.1) is 30.6 Å². The summed E-state index contributed by atoms with van der Waals surface area (Å²) in [6.07, 6.45) is 2.00. The number of aliphatic hydroxyl groups excluding tert-OH is 1. The molecule has 2 aromatic rings. The van der Waals surface area contributed by atoms with Crippen molar-refractivity contribution in [3.63, 3.8) is 0 Å². The van der Waals surface area contributed by atoms with Crippen molar-refractivity contribution >= 4 is 5.65 Å². The Balaban J connectivity index is 2.13. The number of nitrogens with one attached hydrogen (secondary N) is 1. The summed E-state index contributed by atoms with van der Waals surface area (Å²) < 4.78 is 7.10. The smallest absolute Gasteiger partial charge is 0.137 e. The SMILES string of the molecule is COCC(CO)NCc1c(C)nc2ccccn12. The Morgan fingerprint density at radius 2 is 2.33 bits per heavy atom. The fourth-order valence-corrected chi connectivity index (χ4v) is 2.00. The predicted octanol–water partition coefficient (Wildman–Crippen LogP) is 0.740. The van der Waals surface area contributed by atoms with Gasteiger partial charge in [0.2, 0.25) is 0 Å². The maximum absolute atomic E-state index is 9.20. The van der Waals surface area contributed by atoms with Gasteiger partial charge >= 0.3 is 0 Å². The van der Waals surface area contributed by atoms with Gasteiger partial charge in [-0.3, -0.25) is 0 Å². The first-order valence-electron chi connectivity index (χ1n) is 6.02. The second-order valence-electron chi connectivity index (χ2n) is 4.29. The molecule has 2 heterocycles. The maximum Gasteiger partial charge on any atom is 0.137 e. The van der Waals surface area contributed by atoms with Crippen LogP contribution in [0, 0.1) is 6.92 Å². The van der Waals surface area contributed by atoms with Crippen molar-refractivity contribution in [1.29, 1.82) is 0 Å². The molecule has 2 N–H and O–H groups in total. The molecular formula is C13H19N3O2. The number of aryl methyl sites for hydroxylation is 1. The Labute approximate surface area is 106 Å². The summed E-state index contributed by atoms with van der Waals surface area (Å²) in [5.74, 6) is 0. The molecule has 5 heteroatoms. The van der Waals surface area contributed by atoms with Crippen LogP contribution in [0.2, 0.25) is 0 Å². The molecule has 0 aliphatic heterocycles. The van der Waals surface area contributed by atoms with Gasteiger partial charge in [-0.25, -0.2) is 4.98 Å². The van der Waals surface area contributed by atoms with Gasteiger partial charge in [-0.2, -0.15) is 0 Å². The Morgan fingerprint density at radius 3 is 3.06 bits per heavy atom. The summed E-state index contributed by atoms with van der Waals surface area (Å²) >= 11 is 0. The number of imidazole rings is 1. The molecule has 98 valence electrons. The number of fused-ring (bicyclic) bond motifs is 1. The van der Waals surface area contributed by atoms with E-state index in [1.54, 1.807) is 7.11 Å². The highest BCUT2D eigenvalue weighted by Gasteiger charge is 2.11. The largest absolute Gasteiger partial charge is 0.395 e. The van der Waals surface area contributed by atoms with Crippen LogP contribution in [0.25, 0.3) is 5.65 Å². The van der Waals surface area contributed by atoms with E-state index in [0.29, 0.717) is 13.2 Å². The molecule has 18 heavy (non-hydrogen) atoms. The molecule has 0 aromatic carbocycles. The number of rotatable bonds is 6. The van der Waals surface area contributed by atoms with Crippen molar-refractivity contribution < 1.29 is 9.84 Å². The average Bonchev–Trinajstić information content (AvgIpc) is 2.70.